The molecule has 2 aromatic rings. The molecule has 1 aliphatic carbocycles. The monoisotopic (exact) mass is 572 g/mol. The van der Waals surface area contributed by atoms with Crippen LogP contribution in [0.25, 0.3) is 11.1 Å². The molecule has 0 bridgehead atoms. The molecule has 0 spiro atoms. The molecule has 0 saturated heterocycles. The van der Waals surface area contributed by atoms with Crippen LogP contribution < -0.4 is 10.6 Å². The van der Waals surface area contributed by atoms with Gasteiger partial charge < -0.3 is 39.4 Å². The largest absolute Gasteiger partial charge is 0.449 e. The summed E-state index contributed by atoms with van der Waals surface area (Å²) in [6, 6.07) is 16.5. The van der Waals surface area contributed by atoms with E-state index in [1.165, 1.54) is 22.3 Å². The third-order valence-electron chi connectivity index (χ3n) is 6.72. The molecule has 1 unspecified atom stereocenters. The lowest BCUT2D eigenvalue weighted by atomic mass is 9.98. The van der Waals surface area contributed by atoms with Crippen molar-refractivity contribution in [3.63, 3.8) is 0 Å². The Morgan fingerprint density at radius 2 is 1.29 bits per heavy atom. The molecule has 3 rings (SSSR count). The van der Waals surface area contributed by atoms with Gasteiger partial charge in [-0.25, -0.2) is 4.79 Å². The second kappa shape index (κ2) is 19.2. The van der Waals surface area contributed by atoms with Gasteiger partial charge in [-0.2, -0.15) is 0 Å². The minimum absolute atomic E-state index is 0.0356. The molecule has 0 aliphatic heterocycles. The standard InChI is InChI=1S/C31H44N2O8/c1-2-24(34)11-13-32-30(35)12-15-37-17-19-39-21-22-40-20-18-38-16-14-33-31(36)41-23-29-27-9-5-3-7-25(27)26-8-4-6-10-28(26)29/h3-10,24,29,34H,2,11-23H2,1H3,(H,32,35)(H,33,36). The van der Waals surface area contributed by atoms with Gasteiger partial charge in [0.05, 0.1) is 59.0 Å². The molecule has 0 fully saturated rings. The van der Waals surface area contributed by atoms with Crippen molar-refractivity contribution in [2.45, 2.75) is 38.2 Å². The van der Waals surface area contributed by atoms with Crippen LogP contribution in [0.15, 0.2) is 48.5 Å². The predicted octanol–water partition coefficient (Wildman–Crippen LogP) is 3.26. The highest BCUT2D eigenvalue weighted by atomic mass is 16.6. The first-order chi connectivity index (χ1) is 20.1. The van der Waals surface area contributed by atoms with Gasteiger partial charge in [0.25, 0.3) is 0 Å². The molecule has 0 radical (unpaired) electrons. The van der Waals surface area contributed by atoms with Gasteiger partial charge in [-0.1, -0.05) is 55.5 Å². The molecule has 41 heavy (non-hydrogen) atoms. The summed E-state index contributed by atoms with van der Waals surface area (Å²) in [5.74, 6) is -0.0497. The van der Waals surface area contributed by atoms with E-state index in [4.69, 9.17) is 23.7 Å². The van der Waals surface area contributed by atoms with Crippen molar-refractivity contribution >= 4 is 12.0 Å². The highest BCUT2D eigenvalue weighted by Gasteiger charge is 2.28. The number of hydrogen-bond donors (Lipinski definition) is 3. The first-order valence-electron chi connectivity index (χ1n) is 14.4. The van der Waals surface area contributed by atoms with Gasteiger partial charge in [0.15, 0.2) is 0 Å². The Morgan fingerprint density at radius 3 is 1.88 bits per heavy atom. The van der Waals surface area contributed by atoms with Gasteiger partial charge in [0.2, 0.25) is 5.91 Å². The van der Waals surface area contributed by atoms with Crippen LogP contribution in [0.5, 0.6) is 0 Å². The van der Waals surface area contributed by atoms with E-state index in [2.05, 4.69) is 34.9 Å². The second-order valence-electron chi connectivity index (χ2n) is 9.65. The molecular formula is C31H44N2O8. The summed E-state index contributed by atoms with van der Waals surface area (Å²) >= 11 is 0. The zero-order valence-electron chi connectivity index (χ0n) is 24.0. The van der Waals surface area contributed by atoms with Crippen molar-refractivity contribution in [2.24, 2.45) is 0 Å². The number of ether oxygens (including phenoxy) is 5. The number of carbonyl (C=O) groups is 2. The van der Waals surface area contributed by atoms with Crippen LogP contribution in [0.4, 0.5) is 4.79 Å². The Kier molecular flexibility index (Phi) is 15.2. The Hall–Kier alpha value is -3.02. The van der Waals surface area contributed by atoms with Crippen molar-refractivity contribution < 1.29 is 38.4 Å². The van der Waals surface area contributed by atoms with Crippen molar-refractivity contribution in [2.75, 3.05) is 72.6 Å². The molecule has 0 saturated carbocycles. The van der Waals surface area contributed by atoms with Crippen molar-refractivity contribution in [1.82, 2.24) is 10.6 Å². The predicted molar refractivity (Wildman–Crippen MR) is 155 cm³/mol. The molecule has 0 heterocycles. The topological polar surface area (TPSA) is 125 Å². The van der Waals surface area contributed by atoms with Gasteiger partial charge in [-0.3, -0.25) is 4.79 Å². The summed E-state index contributed by atoms with van der Waals surface area (Å²) in [5, 5.41) is 14.9. The number of carbonyl (C=O) groups excluding carboxylic acids is 2. The molecule has 1 atom stereocenters. The number of alkyl carbamates (subject to hydrolysis) is 1. The van der Waals surface area contributed by atoms with E-state index < -0.39 is 6.09 Å². The summed E-state index contributed by atoms with van der Waals surface area (Å²) in [6.07, 6.45) is 0.701. The van der Waals surface area contributed by atoms with Crippen LogP contribution >= 0.6 is 0 Å². The molecule has 2 aromatic carbocycles. The number of fused-ring (bicyclic) bond motifs is 3. The first kappa shape index (κ1) is 32.5. The number of aliphatic hydroxyl groups is 1. The van der Waals surface area contributed by atoms with Crippen molar-refractivity contribution in [3.05, 3.63) is 59.7 Å². The number of nitrogens with one attached hydrogen (secondary N) is 2. The summed E-state index contributed by atoms with van der Waals surface area (Å²) in [4.78, 5) is 23.8. The SMILES string of the molecule is CCC(O)CCNC(=O)CCOCCOCCOCCOCCNC(=O)OCC1c2ccccc2-c2ccccc21. The maximum Gasteiger partial charge on any atom is 0.407 e. The van der Waals surface area contributed by atoms with Crippen LogP contribution in [-0.2, 0) is 28.5 Å². The van der Waals surface area contributed by atoms with E-state index in [9.17, 15) is 14.7 Å². The van der Waals surface area contributed by atoms with Crippen LogP contribution in [0, 0.1) is 0 Å². The Labute approximate surface area is 242 Å². The molecule has 10 nitrogen and oxygen atoms in total. The second-order valence-corrected chi connectivity index (χ2v) is 9.65. The van der Waals surface area contributed by atoms with Crippen molar-refractivity contribution in [1.29, 1.82) is 0 Å². The van der Waals surface area contributed by atoms with E-state index in [1.54, 1.807) is 0 Å². The summed E-state index contributed by atoms with van der Waals surface area (Å²) in [6.45, 7) is 6.24. The van der Waals surface area contributed by atoms with E-state index in [0.29, 0.717) is 78.8 Å². The quantitative estimate of drug-likeness (QED) is 0.195. The summed E-state index contributed by atoms with van der Waals surface area (Å²) < 4.78 is 27.3. The fourth-order valence-electron chi connectivity index (χ4n) is 4.47. The van der Waals surface area contributed by atoms with Gasteiger partial charge in [0.1, 0.15) is 6.61 Å². The zero-order valence-corrected chi connectivity index (χ0v) is 24.0. The van der Waals surface area contributed by atoms with E-state index in [0.717, 1.165) is 0 Å². The molecule has 226 valence electrons. The Morgan fingerprint density at radius 1 is 0.756 bits per heavy atom. The van der Waals surface area contributed by atoms with Gasteiger partial charge in [0, 0.05) is 25.4 Å². The van der Waals surface area contributed by atoms with E-state index in [1.807, 2.05) is 31.2 Å². The molecule has 2 amide bonds. The van der Waals surface area contributed by atoms with Gasteiger partial charge >= 0.3 is 6.09 Å². The number of aliphatic hydroxyl groups excluding tert-OH is 1. The maximum absolute atomic E-state index is 12.2. The number of amides is 2. The first-order valence-corrected chi connectivity index (χ1v) is 14.4. The van der Waals surface area contributed by atoms with E-state index in [-0.39, 0.29) is 31.0 Å². The maximum atomic E-state index is 12.2. The summed E-state index contributed by atoms with van der Waals surface area (Å²) in [5.41, 5.74) is 4.76. The minimum Gasteiger partial charge on any atom is -0.449 e. The molecule has 3 N–H and O–H groups in total. The van der Waals surface area contributed by atoms with Crippen LogP contribution in [-0.4, -0.2) is 95.8 Å². The molecular weight excluding hydrogens is 528 g/mol. The van der Waals surface area contributed by atoms with Crippen LogP contribution in [0.2, 0.25) is 0 Å². The third kappa shape index (κ3) is 11.8. The lowest BCUT2D eigenvalue weighted by molar-refractivity contribution is -0.122. The molecule has 1 aliphatic rings. The normalized spacial score (nSPS) is 12.9. The van der Waals surface area contributed by atoms with Gasteiger partial charge in [-0.05, 0) is 35.1 Å². The highest BCUT2D eigenvalue weighted by molar-refractivity contribution is 5.79. The van der Waals surface area contributed by atoms with E-state index >= 15 is 0 Å². The average molecular weight is 573 g/mol. The van der Waals surface area contributed by atoms with Crippen LogP contribution in [0.3, 0.4) is 0 Å². The lowest BCUT2D eigenvalue weighted by Gasteiger charge is -2.14. The van der Waals surface area contributed by atoms with Gasteiger partial charge in [-0.15, -0.1) is 0 Å². The third-order valence-corrected chi connectivity index (χ3v) is 6.72. The number of rotatable bonds is 21. The fraction of sp³-hybridized carbons (Fsp3) is 0.548. The molecule has 10 heteroatoms. The highest BCUT2D eigenvalue weighted by Crippen LogP contribution is 2.44. The smallest absolute Gasteiger partial charge is 0.407 e. The van der Waals surface area contributed by atoms with Crippen LogP contribution in [0.1, 0.15) is 43.2 Å². The Balaban J connectivity index is 1.09. The minimum atomic E-state index is -0.459. The zero-order chi connectivity index (χ0) is 29.1. The fourth-order valence-corrected chi connectivity index (χ4v) is 4.47. The number of hydrogen-bond acceptors (Lipinski definition) is 8. The average Bonchev–Trinajstić information content (AvgIpc) is 3.31. The summed E-state index contributed by atoms with van der Waals surface area (Å²) in [7, 11) is 0. The Bertz CT molecular complexity index is 1000. The van der Waals surface area contributed by atoms with Crippen molar-refractivity contribution in [3.8, 4) is 11.1 Å². The molecule has 0 aromatic heterocycles. The lowest BCUT2D eigenvalue weighted by Crippen LogP contribution is -2.29. The number of benzene rings is 2.